The fourth-order valence-corrected chi connectivity index (χ4v) is 3.92. The standard InChI is InChI=1S/C24H21N2/c1-17-10-6-9-15-22(17)26-18(2)23-21-14-8-7-13-20(21)16-25(23)24(26)19-11-4-3-5-12-19/h3-15H,16H2,1-2H3/q+1/i16D2. The van der Waals surface area contributed by atoms with Gasteiger partial charge in [0.05, 0.1) is 8.30 Å². The van der Waals surface area contributed by atoms with Crippen molar-refractivity contribution >= 4 is 0 Å². The van der Waals surface area contributed by atoms with Crippen LogP contribution in [0.2, 0.25) is 0 Å². The van der Waals surface area contributed by atoms with Crippen LogP contribution in [-0.2, 0) is 6.50 Å². The Labute approximate surface area is 156 Å². The lowest BCUT2D eigenvalue weighted by Crippen LogP contribution is -2.33. The highest BCUT2D eigenvalue weighted by molar-refractivity contribution is 5.70. The van der Waals surface area contributed by atoms with Crippen LogP contribution in [0, 0.1) is 13.8 Å². The SMILES string of the molecule is [2H]C1([2H])c2ccccc2-c2c(C)n(-c3ccccc3C)c(-c3ccccc3)[n+]21. The van der Waals surface area contributed by atoms with Crippen molar-refractivity contribution in [3.63, 3.8) is 0 Å². The fraction of sp³-hybridized carbons (Fsp3) is 0.125. The molecule has 0 aliphatic carbocycles. The molecule has 0 spiro atoms. The summed E-state index contributed by atoms with van der Waals surface area (Å²) in [5, 5.41) is 0. The number of hydrogen-bond acceptors (Lipinski definition) is 0. The third kappa shape index (κ3) is 2.08. The van der Waals surface area contributed by atoms with Gasteiger partial charge in [-0.3, -0.25) is 0 Å². The molecule has 0 fully saturated rings. The van der Waals surface area contributed by atoms with E-state index in [-0.39, 0.29) is 0 Å². The maximum Gasteiger partial charge on any atom is 0.295 e. The van der Waals surface area contributed by atoms with Gasteiger partial charge in [-0.15, -0.1) is 0 Å². The molecule has 0 unspecified atom stereocenters. The highest BCUT2D eigenvalue weighted by atomic mass is 15.2. The van der Waals surface area contributed by atoms with E-state index < -0.39 is 6.50 Å². The van der Waals surface area contributed by atoms with Crippen LogP contribution in [0.3, 0.4) is 0 Å². The van der Waals surface area contributed by atoms with Crippen LogP contribution in [0.15, 0.2) is 78.9 Å². The minimum Gasteiger partial charge on any atom is -0.218 e. The van der Waals surface area contributed by atoms with Crippen molar-refractivity contribution in [3.05, 3.63) is 95.7 Å². The lowest BCUT2D eigenvalue weighted by Gasteiger charge is -2.08. The van der Waals surface area contributed by atoms with E-state index >= 15 is 0 Å². The Morgan fingerprint density at radius 2 is 1.54 bits per heavy atom. The Kier molecular flexibility index (Phi) is 2.88. The summed E-state index contributed by atoms with van der Waals surface area (Å²) in [6, 6.07) is 26.2. The summed E-state index contributed by atoms with van der Waals surface area (Å²) in [4.78, 5) is 0. The maximum absolute atomic E-state index is 8.98. The van der Waals surface area contributed by atoms with Gasteiger partial charge in [-0.2, -0.15) is 4.57 Å². The van der Waals surface area contributed by atoms with Gasteiger partial charge < -0.3 is 0 Å². The van der Waals surface area contributed by atoms with Crippen LogP contribution >= 0.6 is 0 Å². The van der Waals surface area contributed by atoms with Gasteiger partial charge in [0.2, 0.25) is 0 Å². The summed E-state index contributed by atoms with van der Waals surface area (Å²) in [5.41, 5.74) is 6.91. The van der Waals surface area contributed by atoms with Crippen molar-refractivity contribution in [1.29, 1.82) is 0 Å². The van der Waals surface area contributed by atoms with Gasteiger partial charge in [0, 0.05) is 18.1 Å². The first-order valence-corrected chi connectivity index (χ1v) is 8.91. The molecule has 126 valence electrons. The summed E-state index contributed by atoms with van der Waals surface area (Å²) in [6.45, 7) is 2.57. The zero-order chi connectivity index (χ0) is 19.5. The second-order valence-electron chi connectivity index (χ2n) is 6.74. The first kappa shape index (κ1) is 13.1. The molecular weight excluding hydrogens is 316 g/mol. The van der Waals surface area contributed by atoms with Crippen LogP contribution in [0.1, 0.15) is 19.6 Å². The number of benzene rings is 3. The molecule has 0 saturated carbocycles. The quantitative estimate of drug-likeness (QED) is 0.451. The molecule has 1 aliphatic heterocycles. The predicted molar refractivity (Wildman–Crippen MR) is 105 cm³/mol. The fourth-order valence-electron chi connectivity index (χ4n) is 3.92. The molecule has 2 nitrogen and oxygen atoms in total. The predicted octanol–water partition coefficient (Wildman–Crippen LogP) is 5.08. The molecule has 3 aromatic carbocycles. The molecule has 0 bridgehead atoms. The number of fused-ring (bicyclic) bond motifs is 3. The van der Waals surface area contributed by atoms with Gasteiger partial charge in [0.1, 0.15) is 12.2 Å². The molecule has 1 aromatic heterocycles. The van der Waals surface area contributed by atoms with Crippen LogP contribution < -0.4 is 4.57 Å². The van der Waals surface area contributed by atoms with Gasteiger partial charge in [-0.25, -0.2) is 4.57 Å². The van der Waals surface area contributed by atoms with Gasteiger partial charge >= 0.3 is 0 Å². The average molecular weight is 339 g/mol. The molecule has 4 aromatic rings. The lowest BCUT2D eigenvalue weighted by atomic mass is 10.1. The maximum atomic E-state index is 8.98. The number of rotatable bonds is 2. The Bertz CT molecular complexity index is 1210. The van der Waals surface area contributed by atoms with E-state index in [2.05, 4.69) is 42.7 Å². The van der Waals surface area contributed by atoms with E-state index in [1.54, 1.807) is 0 Å². The zero-order valence-corrected chi connectivity index (χ0v) is 14.9. The van der Waals surface area contributed by atoms with Crippen LogP contribution in [0.4, 0.5) is 0 Å². The molecule has 0 radical (unpaired) electrons. The first-order valence-electron chi connectivity index (χ1n) is 9.91. The van der Waals surface area contributed by atoms with Crippen molar-refractivity contribution in [2.45, 2.75) is 20.3 Å². The summed E-state index contributed by atoms with van der Waals surface area (Å²) >= 11 is 0. The summed E-state index contributed by atoms with van der Waals surface area (Å²) < 4.78 is 22.0. The first-order chi connectivity index (χ1) is 13.5. The number of nitrogens with zero attached hydrogens (tertiary/aromatic N) is 2. The molecule has 1 aliphatic rings. The second-order valence-corrected chi connectivity index (χ2v) is 6.74. The molecule has 0 saturated heterocycles. The van der Waals surface area contributed by atoms with Crippen LogP contribution in [0.5, 0.6) is 0 Å². The van der Waals surface area contributed by atoms with Crippen molar-refractivity contribution in [2.75, 3.05) is 0 Å². The van der Waals surface area contributed by atoms with Crippen molar-refractivity contribution in [3.8, 4) is 28.3 Å². The van der Waals surface area contributed by atoms with E-state index in [1.165, 1.54) is 0 Å². The number of imidazole rings is 1. The van der Waals surface area contributed by atoms with Crippen LogP contribution in [0.25, 0.3) is 28.3 Å². The lowest BCUT2D eigenvalue weighted by molar-refractivity contribution is -0.660. The van der Waals surface area contributed by atoms with E-state index in [0.29, 0.717) is 0 Å². The number of aromatic nitrogens is 2. The van der Waals surface area contributed by atoms with Crippen molar-refractivity contribution in [1.82, 2.24) is 4.57 Å². The normalized spacial score (nSPS) is 15.2. The molecule has 2 heterocycles. The van der Waals surface area contributed by atoms with Gasteiger partial charge in [-0.1, -0.05) is 60.7 Å². The summed E-state index contributed by atoms with van der Waals surface area (Å²) in [6.07, 6.45) is 0. The number of para-hydroxylation sites is 1. The molecule has 26 heavy (non-hydrogen) atoms. The highest BCUT2D eigenvalue weighted by Crippen LogP contribution is 2.36. The number of hydrogen-bond donors (Lipinski definition) is 0. The highest BCUT2D eigenvalue weighted by Gasteiger charge is 2.36. The largest absolute Gasteiger partial charge is 0.295 e. The Morgan fingerprint density at radius 1 is 0.846 bits per heavy atom. The van der Waals surface area contributed by atoms with Crippen LogP contribution in [-0.4, -0.2) is 4.57 Å². The van der Waals surface area contributed by atoms with Gasteiger partial charge in [-0.05, 0) is 30.7 Å². The second kappa shape index (κ2) is 5.70. The Morgan fingerprint density at radius 3 is 2.35 bits per heavy atom. The summed E-state index contributed by atoms with van der Waals surface area (Å²) in [7, 11) is 0. The third-order valence-electron chi connectivity index (χ3n) is 5.13. The van der Waals surface area contributed by atoms with E-state index in [0.717, 1.165) is 45.2 Å². The van der Waals surface area contributed by atoms with E-state index in [4.69, 9.17) is 2.74 Å². The Balaban J connectivity index is 1.96. The minimum atomic E-state index is -1.62. The molecular formula is C24H21N2+. The van der Waals surface area contributed by atoms with E-state index in [9.17, 15) is 0 Å². The smallest absolute Gasteiger partial charge is 0.218 e. The topological polar surface area (TPSA) is 8.81 Å². The number of aryl methyl sites for hydroxylation is 1. The van der Waals surface area contributed by atoms with Crippen molar-refractivity contribution < 1.29 is 7.31 Å². The molecule has 2 heteroatoms. The zero-order valence-electron chi connectivity index (χ0n) is 16.9. The van der Waals surface area contributed by atoms with E-state index in [1.807, 2.05) is 59.2 Å². The van der Waals surface area contributed by atoms with Gasteiger partial charge in [0.15, 0.2) is 11.4 Å². The van der Waals surface area contributed by atoms with Crippen molar-refractivity contribution in [2.24, 2.45) is 0 Å². The third-order valence-corrected chi connectivity index (χ3v) is 5.13. The molecule has 0 atom stereocenters. The molecule has 0 amide bonds. The molecule has 5 rings (SSSR count). The molecule has 0 N–H and O–H groups in total. The monoisotopic (exact) mass is 339 g/mol. The summed E-state index contributed by atoms with van der Waals surface area (Å²) in [5.74, 6) is 0.864. The Hall–Kier alpha value is -3.13. The average Bonchev–Trinajstić information content (AvgIpc) is 3.14. The minimum absolute atomic E-state index is 0.724. The van der Waals surface area contributed by atoms with Gasteiger partial charge in [0.25, 0.3) is 5.82 Å².